The molecule has 148 valence electrons. The van der Waals surface area contributed by atoms with Gasteiger partial charge in [0.2, 0.25) is 0 Å². The number of unbranched alkanes of at least 4 members (excludes halogenated alkanes) is 1. The molecule has 0 amide bonds. The van der Waals surface area contributed by atoms with Gasteiger partial charge < -0.3 is 24.8 Å². The lowest BCUT2D eigenvalue weighted by Gasteiger charge is -2.33. The molecule has 8 nitrogen and oxygen atoms in total. The molecule has 0 spiro atoms. The number of nitrogens with zero attached hydrogens (tertiary/aromatic N) is 5. The van der Waals surface area contributed by atoms with Crippen LogP contribution in [-0.2, 0) is 11.3 Å². The van der Waals surface area contributed by atoms with Gasteiger partial charge in [-0.3, -0.25) is 4.99 Å². The molecule has 0 atom stereocenters. The van der Waals surface area contributed by atoms with E-state index in [1.54, 1.807) is 12.7 Å². The van der Waals surface area contributed by atoms with Crippen LogP contribution in [0, 0.1) is 0 Å². The van der Waals surface area contributed by atoms with Gasteiger partial charge in [0.1, 0.15) is 12.7 Å². The summed E-state index contributed by atoms with van der Waals surface area (Å²) >= 11 is 0. The summed E-state index contributed by atoms with van der Waals surface area (Å²) in [7, 11) is 1.84. The highest BCUT2D eigenvalue weighted by atomic mass is 16.5. The molecule has 0 aliphatic carbocycles. The van der Waals surface area contributed by atoms with Gasteiger partial charge in [0, 0.05) is 45.8 Å². The van der Waals surface area contributed by atoms with Crippen LogP contribution in [0.25, 0.3) is 0 Å². The van der Waals surface area contributed by atoms with E-state index in [9.17, 15) is 0 Å². The second kappa shape index (κ2) is 11.9. The van der Waals surface area contributed by atoms with Crippen molar-refractivity contribution in [2.75, 3.05) is 39.8 Å². The number of aliphatic imine (C=N–C) groups is 1. The van der Waals surface area contributed by atoms with Crippen molar-refractivity contribution in [3.8, 4) is 0 Å². The molecular weight excluding hydrogens is 330 g/mol. The van der Waals surface area contributed by atoms with Crippen LogP contribution in [0.4, 0.5) is 0 Å². The second-order valence-electron chi connectivity index (χ2n) is 7.09. The van der Waals surface area contributed by atoms with Crippen LogP contribution in [0.15, 0.2) is 17.6 Å². The highest BCUT2D eigenvalue weighted by Crippen LogP contribution is 2.10. The summed E-state index contributed by atoms with van der Waals surface area (Å²) in [6.07, 6.45) is 8.32. The smallest absolute Gasteiger partial charge is 0.191 e. The van der Waals surface area contributed by atoms with E-state index in [0.717, 1.165) is 71.0 Å². The zero-order valence-electron chi connectivity index (χ0n) is 16.5. The molecule has 0 saturated carbocycles. The van der Waals surface area contributed by atoms with E-state index < -0.39 is 0 Å². The van der Waals surface area contributed by atoms with Crippen LogP contribution in [0.3, 0.4) is 0 Å². The fourth-order valence-electron chi connectivity index (χ4n) is 3.07. The molecule has 1 aliphatic heterocycles. The first kappa shape index (κ1) is 20.6. The lowest BCUT2D eigenvalue weighted by atomic mass is 10.1. The van der Waals surface area contributed by atoms with Crippen molar-refractivity contribution in [1.29, 1.82) is 0 Å². The number of rotatable bonds is 10. The summed E-state index contributed by atoms with van der Waals surface area (Å²) in [6, 6.07) is 0.500. The molecule has 0 unspecified atom stereocenters. The highest BCUT2D eigenvalue weighted by Gasteiger charge is 2.19. The third-order valence-electron chi connectivity index (χ3n) is 4.61. The van der Waals surface area contributed by atoms with Gasteiger partial charge in [-0.25, -0.2) is 0 Å². The number of hydrogen-bond donors (Lipinski definition) is 2. The predicted molar refractivity (Wildman–Crippen MR) is 104 cm³/mol. The molecule has 8 heteroatoms. The Balaban J connectivity index is 1.54. The first-order valence-corrected chi connectivity index (χ1v) is 9.81. The highest BCUT2D eigenvalue weighted by molar-refractivity contribution is 5.79. The number of likely N-dealkylation sites (tertiary alicyclic amines) is 1. The number of hydrogen-bond acceptors (Lipinski definition) is 5. The molecule has 2 rings (SSSR count). The van der Waals surface area contributed by atoms with Gasteiger partial charge in [-0.15, -0.1) is 10.2 Å². The van der Waals surface area contributed by atoms with Crippen molar-refractivity contribution in [3.63, 3.8) is 0 Å². The van der Waals surface area contributed by atoms with Crippen molar-refractivity contribution in [1.82, 2.24) is 30.3 Å². The number of aromatic nitrogens is 3. The largest absolute Gasteiger partial charge is 0.377 e. The first-order valence-electron chi connectivity index (χ1n) is 9.81. The van der Waals surface area contributed by atoms with Crippen LogP contribution < -0.4 is 10.6 Å². The van der Waals surface area contributed by atoms with Gasteiger partial charge in [-0.2, -0.15) is 0 Å². The fourth-order valence-corrected chi connectivity index (χ4v) is 3.07. The van der Waals surface area contributed by atoms with E-state index in [0.29, 0.717) is 12.1 Å². The maximum Gasteiger partial charge on any atom is 0.191 e. The third kappa shape index (κ3) is 8.14. The van der Waals surface area contributed by atoms with Crippen LogP contribution in [-0.4, -0.2) is 77.6 Å². The number of guanidine groups is 1. The quantitative estimate of drug-likeness (QED) is 0.367. The van der Waals surface area contributed by atoms with Gasteiger partial charge in [-0.1, -0.05) is 0 Å². The van der Waals surface area contributed by atoms with Gasteiger partial charge in [0.15, 0.2) is 5.96 Å². The standard InChI is InChI=1S/C18H35N7O/c1-16(2)26-13-12-24-10-6-17(7-11-24)23-18(19-3)20-8-4-5-9-25-14-21-22-15-25/h14-17H,4-13H2,1-3H3,(H2,19,20,23). The van der Waals surface area contributed by atoms with Gasteiger partial charge in [-0.05, 0) is 39.5 Å². The zero-order chi connectivity index (χ0) is 18.6. The Kier molecular flexibility index (Phi) is 9.41. The summed E-state index contributed by atoms with van der Waals surface area (Å²) in [5.41, 5.74) is 0. The van der Waals surface area contributed by atoms with E-state index in [-0.39, 0.29) is 0 Å². The molecule has 0 radical (unpaired) electrons. The Morgan fingerprint density at radius 2 is 1.92 bits per heavy atom. The lowest BCUT2D eigenvalue weighted by Crippen LogP contribution is -2.49. The lowest BCUT2D eigenvalue weighted by molar-refractivity contribution is 0.0532. The Bertz CT molecular complexity index is 496. The van der Waals surface area contributed by atoms with E-state index in [1.165, 1.54) is 0 Å². The monoisotopic (exact) mass is 365 g/mol. The molecule has 2 N–H and O–H groups in total. The number of aryl methyl sites for hydroxylation is 1. The molecule has 26 heavy (non-hydrogen) atoms. The van der Waals surface area contributed by atoms with E-state index in [1.807, 2.05) is 11.6 Å². The molecule has 0 bridgehead atoms. The maximum atomic E-state index is 5.65. The van der Waals surface area contributed by atoms with Crippen molar-refractivity contribution < 1.29 is 4.74 Å². The zero-order valence-corrected chi connectivity index (χ0v) is 16.5. The van der Waals surface area contributed by atoms with E-state index in [2.05, 4.69) is 44.6 Å². The van der Waals surface area contributed by atoms with Crippen LogP contribution >= 0.6 is 0 Å². The molecule has 1 saturated heterocycles. The average molecular weight is 366 g/mol. The minimum Gasteiger partial charge on any atom is -0.377 e. The first-order chi connectivity index (χ1) is 12.7. The topological polar surface area (TPSA) is 79.6 Å². The number of nitrogens with one attached hydrogen (secondary N) is 2. The van der Waals surface area contributed by atoms with Gasteiger partial charge >= 0.3 is 0 Å². The molecule has 0 aromatic carbocycles. The molecule has 1 aliphatic rings. The molecule has 2 heterocycles. The van der Waals surface area contributed by atoms with Gasteiger partial charge in [0.05, 0.1) is 12.7 Å². The second-order valence-corrected chi connectivity index (χ2v) is 7.09. The summed E-state index contributed by atoms with van der Waals surface area (Å²) in [5, 5.41) is 14.6. The number of ether oxygens (including phenoxy) is 1. The molecular formula is C18H35N7O. The normalized spacial score (nSPS) is 17.0. The van der Waals surface area contributed by atoms with Crippen LogP contribution in [0.5, 0.6) is 0 Å². The maximum absolute atomic E-state index is 5.65. The Morgan fingerprint density at radius 1 is 1.19 bits per heavy atom. The summed E-state index contributed by atoms with van der Waals surface area (Å²) in [5.74, 6) is 0.913. The third-order valence-corrected chi connectivity index (χ3v) is 4.61. The summed E-state index contributed by atoms with van der Waals surface area (Å²) in [6.45, 7) is 10.2. The van der Waals surface area contributed by atoms with Crippen molar-refractivity contribution in [2.45, 2.75) is 58.2 Å². The predicted octanol–water partition coefficient (Wildman–Crippen LogP) is 1.11. The Morgan fingerprint density at radius 3 is 2.58 bits per heavy atom. The van der Waals surface area contributed by atoms with Crippen molar-refractivity contribution >= 4 is 5.96 Å². The van der Waals surface area contributed by atoms with Gasteiger partial charge in [0.25, 0.3) is 0 Å². The van der Waals surface area contributed by atoms with Crippen LogP contribution in [0.1, 0.15) is 39.5 Å². The van der Waals surface area contributed by atoms with Crippen LogP contribution in [0.2, 0.25) is 0 Å². The van der Waals surface area contributed by atoms with Crippen molar-refractivity contribution in [2.24, 2.45) is 4.99 Å². The molecule has 1 aromatic rings. The Labute approximate surface area is 157 Å². The fraction of sp³-hybridized carbons (Fsp3) is 0.833. The SMILES string of the molecule is CN=C(NCCCCn1cnnc1)NC1CCN(CCOC(C)C)CC1. The minimum absolute atomic E-state index is 0.320. The summed E-state index contributed by atoms with van der Waals surface area (Å²) < 4.78 is 7.65. The summed E-state index contributed by atoms with van der Waals surface area (Å²) in [4.78, 5) is 6.84. The van der Waals surface area contributed by atoms with E-state index in [4.69, 9.17) is 4.74 Å². The minimum atomic E-state index is 0.320. The molecule has 1 fully saturated rings. The van der Waals surface area contributed by atoms with E-state index >= 15 is 0 Å². The molecule has 1 aromatic heterocycles. The van der Waals surface area contributed by atoms with Crippen molar-refractivity contribution in [3.05, 3.63) is 12.7 Å². The Hall–Kier alpha value is -1.67. The number of piperidine rings is 1. The average Bonchev–Trinajstić information content (AvgIpc) is 3.15.